The summed E-state index contributed by atoms with van der Waals surface area (Å²) in [5.41, 5.74) is 0.675. The van der Waals surface area contributed by atoms with Crippen LogP contribution in [0.1, 0.15) is 11.7 Å². The molecule has 0 fully saturated rings. The maximum atomic E-state index is 12.1. The van der Waals surface area contributed by atoms with Crippen molar-refractivity contribution in [3.63, 3.8) is 0 Å². The first kappa shape index (κ1) is 16.6. The molecule has 0 amide bonds. The van der Waals surface area contributed by atoms with E-state index in [4.69, 9.17) is 9.47 Å². The van der Waals surface area contributed by atoms with E-state index < -0.39 is 16.9 Å². The van der Waals surface area contributed by atoms with Gasteiger partial charge in [0, 0.05) is 0 Å². The van der Waals surface area contributed by atoms with Crippen molar-refractivity contribution in [2.24, 2.45) is 0 Å². The van der Waals surface area contributed by atoms with E-state index in [1.807, 2.05) is 30.3 Å². The molecule has 22 heavy (non-hydrogen) atoms. The summed E-state index contributed by atoms with van der Waals surface area (Å²) in [5, 5.41) is 10.6. The molecule has 4 nitrogen and oxygen atoms in total. The first-order valence-corrected chi connectivity index (χ1v) is 8.62. The summed E-state index contributed by atoms with van der Waals surface area (Å²) in [7, 11) is 2.93. The second kappa shape index (κ2) is 7.99. The number of hydrogen-bond donors (Lipinski definition) is 1. The number of benzene rings is 2. The topological polar surface area (TPSA) is 55.8 Å². The Kier molecular flexibility index (Phi) is 6.01. The Morgan fingerprint density at radius 3 is 2.23 bits per heavy atom. The number of rotatable bonds is 6. The van der Waals surface area contributed by atoms with Gasteiger partial charge in [-0.15, -0.1) is 0 Å². The second-order valence-corrected chi connectivity index (χ2v) is 7.14. The molecule has 2 rings (SSSR count). The minimum atomic E-state index is -0.904. The summed E-state index contributed by atoms with van der Waals surface area (Å²) >= 11 is -0.228. The van der Waals surface area contributed by atoms with Gasteiger partial charge in [0.05, 0.1) is 0 Å². The molecule has 0 bridgehead atoms. The number of hydrogen-bond acceptors (Lipinski definition) is 4. The van der Waals surface area contributed by atoms with E-state index in [2.05, 4.69) is 0 Å². The summed E-state index contributed by atoms with van der Waals surface area (Å²) in [5.74, 6) is 0.311. The fourth-order valence-corrected chi connectivity index (χ4v) is 4.26. The van der Waals surface area contributed by atoms with E-state index in [0.717, 1.165) is 4.46 Å². The van der Waals surface area contributed by atoms with Crippen molar-refractivity contribution in [2.45, 2.75) is 10.9 Å². The number of aliphatic hydroxyl groups excluding tert-OH is 1. The molecular formula is C17H18O4Se. The van der Waals surface area contributed by atoms with Crippen LogP contribution in [0.2, 0.25) is 4.82 Å². The molecule has 0 saturated heterocycles. The normalized spacial score (nSPS) is 13.2. The Morgan fingerprint density at radius 1 is 1.05 bits per heavy atom. The molecule has 0 aliphatic rings. The summed E-state index contributed by atoms with van der Waals surface area (Å²) in [6.07, 6.45) is -0.904. The van der Waals surface area contributed by atoms with Gasteiger partial charge in [0.15, 0.2) is 0 Å². The molecule has 0 saturated carbocycles. The first-order valence-electron chi connectivity index (χ1n) is 6.77. The van der Waals surface area contributed by atoms with Crippen LogP contribution in [0.3, 0.4) is 0 Å². The summed E-state index contributed by atoms with van der Waals surface area (Å²) in [6.45, 7) is 0. The van der Waals surface area contributed by atoms with Crippen molar-refractivity contribution in [1.82, 2.24) is 0 Å². The zero-order valence-corrected chi connectivity index (χ0v) is 14.1. The molecule has 0 aromatic heterocycles. The van der Waals surface area contributed by atoms with Gasteiger partial charge in [0.1, 0.15) is 0 Å². The van der Waals surface area contributed by atoms with Crippen LogP contribution in [0, 0.1) is 0 Å². The fraction of sp³-hybridized carbons (Fsp3) is 0.235. The fourth-order valence-electron chi connectivity index (χ4n) is 1.98. The van der Waals surface area contributed by atoms with Crippen LogP contribution >= 0.6 is 0 Å². The Bertz CT molecular complexity index is 598. The van der Waals surface area contributed by atoms with Gasteiger partial charge in [-0.1, -0.05) is 0 Å². The average Bonchev–Trinajstić information content (AvgIpc) is 2.59. The molecule has 2 atom stereocenters. The predicted octanol–water partition coefficient (Wildman–Crippen LogP) is 1.72. The summed E-state index contributed by atoms with van der Waals surface area (Å²) in [4.78, 5) is 11.5. The number of aliphatic hydroxyl groups is 1. The van der Waals surface area contributed by atoms with E-state index in [1.54, 1.807) is 31.4 Å². The molecule has 2 aromatic rings. The molecule has 5 heteroatoms. The SMILES string of the molecule is COC(=O)[C@@H]([Se]c1ccccc1)[C@H](O)c1ccc(OC)cc1. The molecule has 0 radical (unpaired) electrons. The van der Waals surface area contributed by atoms with Gasteiger partial charge in [-0.2, -0.15) is 0 Å². The van der Waals surface area contributed by atoms with E-state index in [1.165, 1.54) is 7.11 Å². The van der Waals surface area contributed by atoms with Crippen molar-refractivity contribution in [3.8, 4) is 5.75 Å². The molecule has 0 spiro atoms. The van der Waals surface area contributed by atoms with Crippen LogP contribution in [0.5, 0.6) is 5.75 Å². The van der Waals surface area contributed by atoms with E-state index in [0.29, 0.717) is 11.3 Å². The quantitative estimate of drug-likeness (QED) is 0.626. The molecular weight excluding hydrogens is 347 g/mol. The van der Waals surface area contributed by atoms with E-state index in [9.17, 15) is 9.90 Å². The molecule has 0 unspecified atom stereocenters. The Hall–Kier alpha value is -1.81. The van der Waals surface area contributed by atoms with Crippen LogP contribution < -0.4 is 9.20 Å². The van der Waals surface area contributed by atoms with Crippen molar-refractivity contribution in [1.29, 1.82) is 0 Å². The molecule has 2 aromatic carbocycles. The van der Waals surface area contributed by atoms with Gasteiger partial charge in [0.25, 0.3) is 0 Å². The number of carbonyl (C=O) groups excluding carboxylic acids is 1. The Morgan fingerprint density at radius 2 is 1.68 bits per heavy atom. The third-order valence-corrected chi connectivity index (χ3v) is 5.80. The summed E-state index contributed by atoms with van der Waals surface area (Å²) < 4.78 is 11.0. The predicted molar refractivity (Wildman–Crippen MR) is 85.5 cm³/mol. The summed E-state index contributed by atoms with van der Waals surface area (Å²) in [6, 6.07) is 16.7. The number of carbonyl (C=O) groups is 1. The van der Waals surface area contributed by atoms with Crippen molar-refractivity contribution < 1.29 is 19.4 Å². The zero-order chi connectivity index (χ0) is 15.9. The molecule has 0 aliphatic heterocycles. The van der Waals surface area contributed by atoms with Gasteiger partial charge < -0.3 is 0 Å². The Balaban J connectivity index is 2.21. The van der Waals surface area contributed by atoms with Gasteiger partial charge in [-0.05, 0) is 0 Å². The van der Waals surface area contributed by atoms with Gasteiger partial charge in [-0.25, -0.2) is 0 Å². The zero-order valence-electron chi connectivity index (χ0n) is 12.4. The third kappa shape index (κ3) is 4.10. The second-order valence-electron chi connectivity index (χ2n) is 4.59. The van der Waals surface area contributed by atoms with Gasteiger partial charge >= 0.3 is 136 Å². The average molecular weight is 365 g/mol. The Labute approximate surface area is 136 Å². The third-order valence-electron chi connectivity index (χ3n) is 3.18. The standard InChI is InChI=1S/C17H18O4Se/c1-20-13-10-8-12(9-11-13)15(18)16(17(19)21-2)22-14-6-4-3-5-7-14/h3-11,15-16,18H,1-2H3/t15-,16+/m1/s1. The number of ether oxygens (including phenoxy) is 2. The minimum absolute atomic E-state index is 0.228. The van der Waals surface area contributed by atoms with Gasteiger partial charge in [0.2, 0.25) is 0 Å². The van der Waals surface area contributed by atoms with E-state index in [-0.39, 0.29) is 15.0 Å². The number of esters is 1. The molecule has 0 heterocycles. The van der Waals surface area contributed by atoms with Crippen LogP contribution in [-0.2, 0) is 9.53 Å². The molecule has 0 aliphatic carbocycles. The van der Waals surface area contributed by atoms with Crippen LogP contribution in [0.15, 0.2) is 54.6 Å². The van der Waals surface area contributed by atoms with Crippen molar-refractivity contribution in [2.75, 3.05) is 14.2 Å². The first-order chi connectivity index (χ1) is 10.7. The van der Waals surface area contributed by atoms with Crippen molar-refractivity contribution >= 4 is 25.4 Å². The monoisotopic (exact) mass is 366 g/mol. The van der Waals surface area contributed by atoms with Gasteiger partial charge in [-0.3, -0.25) is 0 Å². The van der Waals surface area contributed by atoms with Crippen LogP contribution in [-0.4, -0.2) is 40.3 Å². The maximum absolute atomic E-state index is 12.1. The molecule has 116 valence electrons. The van der Waals surface area contributed by atoms with Crippen LogP contribution in [0.25, 0.3) is 0 Å². The number of methoxy groups -OCH3 is 2. The molecule has 1 N–H and O–H groups in total. The van der Waals surface area contributed by atoms with E-state index >= 15 is 0 Å². The van der Waals surface area contributed by atoms with Crippen molar-refractivity contribution in [3.05, 3.63) is 60.2 Å². The van der Waals surface area contributed by atoms with Crippen LogP contribution in [0.4, 0.5) is 0 Å².